The van der Waals surface area contributed by atoms with E-state index in [0.29, 0.717) is 17.9 Å². The Hall–Kier alpha value is -2.60. The van der Waals surface area contributed by atoms with Crippen molar-refractivity contribution in [3.05, 3.63) is 65.9 Å². The quantitative estimate of drug-likeness (QED) is 0.707. The van der Waals surface area contributed by atoms with Gasteiger partial charge in [0.15, 0.2) is 5.69 Å². The van der Waals surface area contributed by atoms with Crippen molar-refractivity contribution in [1.29, 1.82) is 0 Å². The van der Waals surface area contributed by atoms with Gasteiger partial charge in [-0.3, -0.25) is 4.79 Å². The van der Waals surface area contributed by atoms with Gasteiger partial charge in [0.25, 0.3) is 5.91 Å². The van der Waals surface area contributed by atoms with Gasteiger partial charge in [0.2, 0.25) is 0 Å². The number of carbonyl (C=O) groups is 1. The summed E-state index contributed by atoms with van der Waals surface area (Å²) in [6.07, 6.45) is 2.03. The number of H-pyrrole nitrogens is 1. The van der Waals surface area contributed by atoms with E-state index in [4.69, 9.17) is 0 Å². The molecule has 5 nitrogen and oxygen atoms in total. The van der Waals surface area contributed by atoms with Crippen molar-refractivity contribution in [3.8, 4) is 11.3 Å². The number of benzene rings is 2. The second-order valence-corrected chi connectivity index (χ2v) is 5.80. The highest BCUT2D eigenvalue weighted by Crippen LogP contribution is 2.19. The molecule has 23 heavy (non-hydrogen) atoms. The highest BCUT2D eigenvalue weighted by atomic mass is 32.2. The zero-order valence-corrected chi connectivity index (χ0v) is 13.4. The molecule has 0 aliphatic rings. The molecule has 0 unspecified atom stereocenters. The summed E-state index contributed by atoms with van der Waals surface area (Å²) >= 11 is 1.69. The molecule has 6 heteroatoms. The largest absolute Gasteiger partial charge is 0.346 e. The summed E-state index contributed by atoms with van der Waals surface area (Å²) in [6.45, 7) is 0.453. The van der Waals surface area contributed by atoms with Crippen LogP contribution in [-0.4, -0.2) is 27.6 Å². The standard InChI is InChI=1S/C17H16N4OS/c1-23-14-9-7-12(8-10-14)11-18-17(22)16-15(19-21-20-16)13-5-3-2-4-6-13/h2-10H,11H2,1H3,(H,18,22)(H,19,20,21). The predicted octanol–water partition coefficient (Wildman–Crippen LogP) is 3.12. The van der Waals surface area contributed by atoms with Gasteiger partial charge in [-0.1, -0.05) is 42.5 Å². The van der Waals surface area contributed by atoms with Gasteiger partial charge < -0.3 is 5.32 Å². The molecule has 2 aromatic carbocycles. The van der Waals surface area contributed by atoms with Crippen molar-refractivity contribution in [2.24, 2.45) is 0 Å². The van der Waals surface area contributed by atoms with Crippen LogP contribution in [0.5, 0.6) is 0 Å². The molecular weight excluding hydrogens is 308 g/mol. The molecule has 3 rings (SSSR count). The maximum Gasteiger partial charge on any atom is 0.274 e. The minimum absolute atomic E-state index is 0.244. The molecule has 0 saturated heterocycles. The van der Waals surface area contributed by atoms with Gasteiger partial charge >= 0.3 is 0 Å². The summed E-state index contributed by atoms with van der Waals surface area (Å²) in [5.74, 6) is -0.244. The lowest BCUT2D eigenvalue weighted by Gasteiger charge is -2.05. The third-order valence-electron chi connectivity index (χ3n) is 3.42. The predicted molar refractivity (Wildman–Crippen MR) is 91.2 cm³/mol. The van der Waals surface area contributed by atoms with Crippen LogP contribution >= 0.6 is 11.8 Å². The van der Waals surface area contributed by atoms with Crippen LogP contribution in [0.1, 0.15) is 16.1 Å². The Morgan fingerprint density at radius 2 is 1.83 bits per heavy atom. The summed E-state index contributed by atoms with van der Waals surface area (Å²) in [5.41, 5.74) is 2.76. The Morgan fingerprint density at radius 3 is 2.52 bits per heavy atom. The normalized spacial score (nSPS) is 10.5. The van der Waals surface area contributed by atoms with Gasteiger partial charge in [-0.2, -0.15) is 15.4 Å². The molecule has 0 spiro atoms. The van der Waals surface area contributed by atoms with Crippen LogP contribution in [0, 0.1) is 0 Å². The Kier molecular flexibility index (Phi) is 4.73. The van der Waals surface area contributed by atoms with Crippen molar-refractivity contribution in [2.45, 2.75) is 11.4 Å². The summed E-state index contributed by atoms with van der Waals surface area (Å²) < 4.78 is 0. The SMILES string of the molecule is CSc1ccc(CNC(=O)c2n[nH]nc2-c2ccccc2)cc1. The number of rotatable bonds is 5. The van der Waals surface area contributed by atoms with Gasteiger partial charge in [-0.25, -0.2) is 0 Å². The first-order chi connectivity index (χ1) is 11.3. The molecule has 0 aliphatic heterocycles. The number of nitrogens with zero attached hydrogens (tertiary/aromatic N) is 2. The molecule has 0 radical (unpaired) electrons. The number of carbonyl (C=O) groups excluding carboxylic acids is 1. The van der Waals surface area contributed by atoms with E-state index in [0.717, 1.165) is 11.1 Å². The van der Waals surface area contributed by atoms with Crippen LogP contribution in [0.2, 0.25) is 0 Å². The number of hydrogen-bond acceptors (Lipinski definition) is 4. The molecule has 2 N–H and O–H groups in total. The lowest BCUT2D eigenvalue weighted by molar-refractivity contribution is 0.0946. The van der Waals surface area contributed by atoms with E-state index in [1.807, 2.05) is 60.9 Å². The van der Waals surface area contributed by atoms with Crippen LogP contribution in [0.25, 0.3) is 11.3 Å². The molecular formula is C17H16N4OS. The second kappa shape index (κ2) is 7.11. The van der Waals surface area contributed by atoms with E-state index in [-0.39, 0.29) is 5.91 Å². The summed E-state index contributed by atoms with van der Waals surface area (Å²) in [7, 11) is 0. The van der Waals surface area contributed by atoms with Gasteiger partial charge in [-0.15, -0.1) is 11.8 Å². The molecule has 0 saturated carbocycles. The second-order valence-electron chi connectivity index (χ2n) is 4.92. The summed E-state index contributed by atoms with van der Waals surface area (Å²) in [4.78, 5) is 13.6. The number of aromatic amines is 1. The first kappa shape index (κ1) is 15.3. The molecule has 116 valence electrons. The zero-order chi connectivity index (χ0) is 16.1. The zero-order valence-electron chi connectivity index (χ0n) is 12.6. The van der Waals surface area contributed by atoms with Gasteiger partial charge in [0.1, 0.15) is 5.69 Å². The average Bonchev–Trinajstić information content (AvgIpc) is 3.11. The van der Waals surface area contributed by atoms with Crippen LogP contribution in [-0.2, 0) is 6.54 Å². The Morgan fingerprint density at radius 1 is 1.09 bits per heavy atom. The van der Waals surface area contributed by atoms with Crippen molar-refractivity contribution >= 4 is 17.7 Å². The first-order valence-electron chi connectivity index (χ1n) is 7.15. The summed E-state index contributed by atoms with van der Waals surface area (Å²) in [6, 6.07) is 17.6. The maximum atomic E-state index is 12.4. The average molecular weight is 324 g/mol. The number of thioether (sulfide) groups is 1. The Balaban J connectivity index is 1.70. The van der Waals surface area contributed by atoms with Crippen molar-refractivity contribution < 1.29 is 4.79 Å². The fraction of sp³-hybridized carbons (Fsp3) is 0.118. The first-order valence-corrected chi connectivity index (χ1v) is 8.37. The third kappa shape index (κ3) is 3.60. The minimum Gasteiger partial charge on any atom is -0.346 e. The van der Waals surface area contributed by atoms with Crippen molar-refractivity contribution in [2.75, 3.05) is 6.26 Å². The highest BCUT2D eigenvalue weighted by molar-refractivity contribution is 7.98. The van der Waals surface area contributed by atoms with Crippen molar-refractivity contribution in [1.82, 2.24) is 20.7 Å². The van der Waals surface area contributed by atoms with E-state index in [2.05, 4.69) is 20.7 Å². The molecule has 1 heterocycles. The smallest absolute Gasteiger partial charge is 0.274 e. The van der Waals surface area contributed by atoms with Gasteiger partial charge in [-0.05, 0) is 24.0 Å². The van der Waals surface area contributed by atoms with Crippen LogP contribution in [0.4, 0.5) is 0 Å². The molecule has 1 amide bonds. The monoisotopic (exact) mass is 324 g/mol. The molecule has 0 fully saturated rings. The van der Waals surface area contributed by atoms with E-state index in [1.54, 1.807) is 11.8 Å². The lowest BCUT2D eigenvalue weighted by Crippen LogP contribution is -2.23. The summed E-state index contributed by atoms with van der Waals surface area (Å²) in [5, 5.41) is 13.5. The lowest BCUT2D eigenvalue weighted by atomic mass is 10.1. The third-order valence-corrected chi connectivity index (χ3v) is 4.17. The molecule has 0 atom stereocenters. The van der Waals surface area contributed by atoms with E-state index in [9.17, 15) is 4.79 Å². The van der Waals surface area contributed by atoms with E-state index in [1.165, 1.54) is 4.90 Å². The number of aromatic nitrogens is 3. The minimum atomic E-state index is -0.244. The number of nitrogens with one attached hydrogen (secondary N) is 2. The topological polar surface area (TPSA) is 70.7 Å². The number of amides is 1. The fourth-order valence-electron chi connectivity index (χ4n) is 2.20. The molecule has 0 bridgehead atoms. The van der Waals surface area contributed by atoms with Crippen molar-refractivity contribution in [3.63, 3.8) is 0 Å². The maximum absolute atomic E-state index is 12.4. The molecule has 3 aromatic rings. The van der Waals surface area contributed by atoms with E-state index < -0.39 is 0 Å². The highest BCUT2D eigenvalue weighted by Gasteiger charge is 2.17. The molecule has 0 aliphatic carbocycles. The van der Waals surface area contributed by atoms with Gasteiger partial charge in [0, 0.05) is 17.0 Å². The Bertz CT molecular complexity index is 784. The van der Waals surface area contributed by atoms with E-state index >= 15 is 0 Å². The van der Waals surface area contributed by atoms with Crippen LogP contribution in [0.15, 0.2) is 59.5 Å². The molecule has 1 aromatic heterocycles. The Labute approximate surface area is 138 Å². The number of hydrogen-bond donors (Lipinski definition) is 2. The fourth-order valence-corrected chi connectivity index (χ4v) is 2.60. The van der Waals surface area contributed by atoms with Gasteiger partial charge in [0.05, 0.1) is 0 Å². The van der Waals surface area contributed by atoms with Crippen LogP contribution < -0.4 is 5.32 Å². The van der Waals surface area contributed by atoms with Crippen LogP contribution in [0.3, 0.4) is 0 Å².